The number of ether oxygens (including phenoxy) is 1. The van der Waals surface area contributed by atoms with Gasteiger partial charge in [0.2, 0.25) is 0 Å². The van der Waals surface area contributed by atoms with E-state index in [1.807, 2.05) is 37.7 Å². The van der Waals surface area contributed by atoms with E-state index in [-0.39, 0.29) is 6.04 Å². The number of benzene rings is 1. The van der Waals surface area contributed by atoms with Crippen LogP contribution in [0.3, 0.4) is 0 Å². The fraction of sp³-hybridized carbons (Fsp3) is 0.438. The first-order valence-corrected chi connectivity index (χ1v) is 7.12. The predicted octanol–water partition coefficient (Wildman–Crippen LogP) is 2.83. The maximum Gasteiger partial charge on any atom is 0.119 e. The van der Waals surface area contributed by atoms with Crippen molar-refractivity contribution in [3.63, 3.8) is 0 Å². The molecule has 0 aliphatic carbocycles. The summed E-state index contributed by atoms with van der Waals surface area (Å²) in [5.74, 6) is 0.910. The molecule has 0 bridgehead atoms. The molecule has 1 N–H and O–H groups in total. The van der Waals surface area contributed by atoms with E-state index >= 15 is 0 Å². The van der Waals surface area contributed by atoms with Gasteiger partial charge >= 0.3 is 0 Å². The highest BCUT2D eigenvalue weighted by Gasteiger charge is 2.17. The number of rotatable bonds is 6. The first-order chi connectivity index (χ1) is 9.65. The average molecular weight is 273 g/mol. The molecule has 1 aromatic heterocycles. The summed E-state index contributed by atoms with van der Waals surface area (Å²) in [6, 6.07) is 10.5. The summed E-state index contributed by atoms with van der Waals surface area (Å²) in [6.07, 6.45) is 0. The maximum absolute atomic E-state index is 5.50. The molecule has 1 aromatic carbocycles. The molecule has 1 atom stereocenters. The Morgan fingerprint density at radius 3 is 2.45 bits per heavy atom. The van der Waals surface area contributed by atoms with E-state index in [1.54, 1.807) is 0 Å². The van der Waals surface area contributed by atoms with Crippen molar-refractivity contribution in [1.29, 1.82) is 0 Å². The van der Waals surface area contributed by atoms with Crippen molar-refractivity contribution in [3.8, 4) is 5.75 Å². The molecule has 0 radical (unpaired) electrons. The van der Waals surface area contributed by atoms with Gasteiger partial charge in [-0.05, 0) is 44.2 Å². The van der Waals surface area contributed by atoms with E-state index < -0.39 is 0 Å². The van der Waals surface area contributed by atoms with Crippen molar-refractivity contribution in [2.45, 2.75) is 26.8 Å². The molecule has 0 spiro atoms. The van der Waals surface area contributed by atoms with Crippen molar-refractivity contribution in [1.82, 2.24) is 15.1 Å². The molecule has 20 heavy (non-hydrogen) atoms. The van der Waals surface area contributed by atoms with Gasteiger partial charge in [0.1, 0.15) is 5.75 Å². The topological polar surface area (TPSA) is 39.1 Å². The third kappa shape index (κ3) is 3.20. The zero-order valence-corrected chi connectivity index (χ0v) is 12.7. The van der Waals surface area contributed by atoms with Crippen molar-refractivity contribution < 1.29 is 4.74 Å². The Balaban J connectivity index is 2.30. The fourth-order valence-corrected chi connectivity index (χ4v) is 2.42. The van der Waals surface area contributed by atoms with Gasteiger partial charge in [0.15, 0.2) is 0 Å². The van der Waals surface area contributed by atoms with Gasteiger partial charge in [0.05, 0.1) is 24.0 Å². The number of nitrogens with one attached hydrogen (secondary N) is 1. The summed E-state index contributed by atoms with van der Waals surface area (Å²) in [5, 5.41) is 7.96. The Morgan fingerprint density at radius 2 is 1.95 bits per heavy atom. The quantitative estimate of drug-likeness (QED) is 0.879. The van der Waals surface area contributed by atoms with Crippen LogP contribution in [-0.4, -0.2) is 22.9 Å². The van der Waals surface area contributed by atoms with Crippen LogP contribution in [0, 0.1) is 6.92 Å². The number of hydrogen-bond acceptors (Lipinski definition) is 3. The lowest BCUT2D eigenvalue weighted by molar-refractivity contribution is 0.340. The normalized spacial score (nSPS) is 12.4. The Bertz CT molecular complexity index is 545. The van der Waals surface area contributed by atoms with Crippen LogP contribution in [0.25, 0.3) is 0 Å². The molecule has 0 saturated carbocycles. The number of hydrogen-bond donors (Lipinski definition) is 1. The van der Waals surface area contributed by atoms with Crippen molar-refractivity contribution in [2.75, 3.05) is 13.2 Å². The standard InChI is InChI=1S/C16H23N3O/c1-5-17-16(15-11-12(3)18-19(15)4)13-7-9-14(10-8-13)20-6-2/h7-11,16-17H,5-6H2,1-4H3. The van der Waals surface area contributed by atoms with Crippen LogP contribution in [0.5, 0.6) is 5.75 Å². The lowest BCUT2D eigenvalue weighted by Gasteiger charge is -2.19. The van der Waals surface area contributed by atoms with Gasteiger partial charge in [-0.25, -0.2) is 0 Å². The fourth-order valence-electron chi connectivity index (χ4n) is 2.42. The Hall–Kier alpha value is -1.81. The second-order valence-electron chi connectivity index (χ2n) is 4.83. The highest BCUT2D eigenvalue weighted by Crippen LogP contribution is 2.24. The summed E-state index contributed by atoms with van der Waals surface area (Å²) >= 11 is 0. The first kappa shape index (κ1) is 14.6. The average Bonchev–Trinajstić information content (AvgIpc) is 2.76. The molecule has 2 aromatic rings. The van der Waals surface area contributed by atoms with Crippen LogP contribution in [0.1, 0.15) is 36.8 Å². The van der Waals surface area contributed by atoms with E-state index in [0.29, 0.717) is 6.61 Å². The van der Waals surface area contributed by atoms with Crippen LogP contribution < -0.4 is 10.1 Å². The zero-order valence-electron chi connectivity index (χ0n) is 12.7. The van der Waals surface area contributed by atoms with Crippen molar-refractivity contribution in [2.24, 2.45) is 7.05 Å². The number of nitrogens with zero attached hydrogens (tertiary/aromatic N) is 2. The lowest BCUT2D eigenvalue weighted by Crippen LogP contribution is -2.24. The number of aryl methyl sites for hydroxylation is 2. The van der Waals surface area contributed by atoms with Crippen molar-refractivity contribution >= 4 is 0 Å². The van der Waals surface area contributed by atoms with Crippen molar-refractivity contribution in [3.05, 3.63) is 47.3 Å². The first-order valence-electron chi connectivity index (χ1n) is 7.12. The number of aromatic nitrogens is 2. The third-order valence-corrected chi connectivity index (χ3v) is 3.27. The monoisotopic (exact) mass is 273 g/mol. The summed E-state index contributed by atoms with van der Waals surface area (Å²) in [6.45, 7) is 7.72. The minimum Gasteiger partial charge on any atom is -0.494 e. The molecule has 4 nitrogen and oxygen atoms in total. The van der Waals surface area contributed by atoms with E-state index in [4.69, 9.17) is 4.74 Å². The molecule has 1 unspecified atom stereocenters. The molecule has 2 rings (SSSR count). The van der Waals surface area contributed by atoms with Crippen LogP contribution in [0.4, 0.5) is 0 Å². The van der Waals surface area contributed by atoms with Gasteiger partial charge in [0, 0.05) is 7.05 Å². The summed E-state index contributed by atoms with van der Waals surface area (Å²) in [5.41, 5.74) is 3.43. The molecular weight excluding hydrogens is 250 g/mol. The van der Waals surface area contributed by atoms with Crippen LogP contribution in [0.2, 0.25) is 0 Å². The van der Waals surface area contributed by atoms with Crippen LogP contribution in [-0.2, 0) is 7.05 Å². The molecular formula is C16H23N3O. The summed E-state index contributed by atoms with van der Waals surface area (Å²) < 4.78 is 7.44. The molecule has 108 valence electrons. The van der Waals surface area contributed by atoms with Gasteiger partial charge in [-0.15, -0.1) is 0 Å². The highest BCUT2D eigenvalue weighted by atomic mass is 16.5. The van der Waals surface area contributed by atoms with Gasteiger partial charge in [-0.2, -0.15) is 5.10 Å². The van der Waals surface area contributed by atoms with E-state index in [1.165, 1.54) is 11.3 Å². The second kappa shape index (κ2) is 6.57. The van der Waals surface area contributed by atoms with Gasteiger partial charge in [0.25, 0.3) is 0 Å². The largest absolute Gasteiger partial charge is 0.494 e. The molecule has 0 saturated heterocycles. The minimum absolute atomic E-state index is 0.155. The predicted molar refractivity (Wildman–Crippen MR) is 81.1 cm³/mol. The molecule has 0 fully saturated rings. The maximum atomic E-state index is 5.50. The second-order valence-corrected chi connectivity index (χ2v) is 4.83. The third-order valence-electron chi connectivity index (χ3n) is 3.27. The SMILES string of the molecule is CCNC(c1ccc(OCC)cc1)c1cc(C)nn1C. The molecule has 1 heterocycles. The molecule has 0 amide bonds. The molecule has 4 heteroatoms. The van der Waals surface area contributed by atoms with E-state index in [9.17, 15) is 0 Å². The van der Waals surface area contributed by atoms with Gasteiger partial charge < -0.3 is 10.1 Å². The van der Waals surface area contributed by atoms with Crippen LogP contribution in [0.15, 0.2) is 30.3 Å². The highest BCUT2D eigenvalue weighted by molar-refractivity contribution is 5.34. The lowest BCUT2D eigenvalue weighted by atomic mass is 10.0. The Kier molecular flexibility index (Phi) is 4.79. The molecule has 0 aliphatic rings. The zero-order chi connectivity index (χ0) is 14.5. The van der Waals surface area contributed by atoms with E-state index in [2.05, 4.69) is 35.5 Å². The van der Waals surface area contributed by atoms with Gasteiger partial charge in [-0.3, -0.25) is 4.68 Å². The summed E-state index contributed by atoms with van der Waals surface area (Å²) in [4.78, 5) is 0. The van der Waals surface area contributed by atoms with Crippen LogP contribution >= 0.6 is 0 Å². The Morgan fingerprint density at radius 1 is 1.25 bits per heavy atom. The Labute approximate surface area is 120 Å². The van der Waals surface area contributed by atoms with E-state index in [0.717, 1.165) is 18.0 Å². The molecule has 0 aliphatic heterocycles. The van der Waals surface area contributed by atoms with Gasteiger partial charge in [-0.1, -0.05) is 19.1 Å². The smallest absolute Gasteiger partial charge is 0.119 e. The summed E-state index contributed by atoms with van der Waals surface area (Å²) in [7, 11) is 1.99. The minimum atomic E-state index is 0.155.